The SMILES string of the molecule is C=CCC=Cc1c(O)n(-c2ccc(Cl)cc2)c(=S)[nH]c1=O. The molecule has 0 bridgehead atoms. The van der Waals surface area contributed by atoms with Crippen LogP contribution < -0.4 is 5.56 Å². The molecule has 0 spiro atoms. The second-order valence-corrected chi connectivity index (χ2v) is 5.06. The van der Waals surface area contributed by atoms with Gasteiger partial charge in [0.25, 0.3) is 5.56 Å². The van der Waals surface area contributed by atoms with Gasteiger partial charge in [0.05, 0.1) is 11.3 Å². The Morgan fingerprint density at radius 1 is 1.38 bits per heavy atom. The first-order valence-corrected chi connectivity index (χ1v) is 6.95. The van der Waals surface area contributed by atoms with Gasteiger partial charge in [-0.05, 0) is 49.0 Å². The quantitative estimate of drug-likeness (QED) is 0.664. The lowest BCUT2D eigenvalue weighted by Crippen LogP contribution is -2.15. The highest BCUT2D eigenvalue weighted by Gasteiger charge is 2.11. The number of aromatic hydroxyl groups is 1. The molecular formula is C15H13ClN2O2S. The zero-order valence-corrected chi connectivity index (χ0v) is 12.6. The van der Waals surface area contributed by atoms with Crippen molar-refractivity contribution in [1.29, 1.82) is 0 Å². The molecule has 0 aliphatic carbocycles. The molecule has 0 fully saturated rings. The lowest BCUT2D eigenvalue weighted by molar-refractivity contribution is 0.432. The number of halogens is 1. The normalized spacial score (nSPS) is 10.9. The molecule has 108 valence electrons. The third-order valence-electron chi connectivity index (χ3n) is 2.79. The lowest BCUT2D eigenvalue weighted by atomic mass is 10.2. The fraction of sp³-hybridized carbons (Fsp3) is 0.0667. The highest BCUT2D eigenvalue weighted by Crippen LogP contribution is 2.21. The van der Waals surface area contributed by atoms with E-state index in [1.807, 2.05) is 0 Å². The van der Waals surface area contributed by atoms with Crippen molar-refractivity contribution in [3.8, 4) is 11.6 Å². The zero-order valence-electron chi connectivity index (χ0n) is 11.0. The van der Waals surface area contributed by atoms with Crippen LogP contribution >= 0.6 is 23.8 Å². The summed E-state index contributed by atoms with van der Waals surface area (Å²) in [5, 5.41) is 10.9. The van der Waals surface area contributed by atoms with Crippen LogP contribution in [0.2, 0.25) is 5.02 Å². The Labute approximate surface area is 131 Å². The third kappa shape index (κ3) is 3.32. The molecule has 0 unspecified atom stereocenters. The van der Waals surface area contributed by atoms with Gasteiger partial charge in [-0.1, -0.05) is 23.8 Å². The molecule has 0 aliphatic heterocycles. The van der Waals surface area contributed by atoms with E-state index in [9.17, 15) is 9.90 Å². The minimum Gasteiger partial charge on any atom is -0.494 e. The summed E-state index contributed by atoms with van der Waals surface area (Å²) in [5.41, 5.74) is 0.306. The first kappa shape index (κ1) is 15.3. The van der Waals surface area contributed by atoms with Crippen molar-refractivity contribution in [2.75, 3.05) is 0 Å². The van der Waals surface area contributed by atoms with Crippen LogP contribution in [0, 0.1) is 4.77 Å². The number of hydrogen-bond acceptors (Lipinski definition) is 3. The Bertz CT molecular complexity index is 804. The molecule has 2 aromatic rings. The van der Waals surface area contributed by atoms with Gasteiger partial charge in [-0.15, -0.1) is 6.58 Å². The zero-order chi connectivity index (χ0) is 15.4. The van der Waals surface area contributed by atoms with E-state index in [0.717, 1.165) is 0 Å². The van der Waals surface area contributed by atoms with Crippen molar-refractivity contribution < 1.29 is 5.11 Å². The summed E-state index contributed by atoms with van der Waals surface area (Å²) in [6, 6.07) is 6.76. The maximum Gasteiger partial charge on any atom is 0.262 e. The number of H-pyrrole nitrogens is 1. The van der Waals surface area contributed by atoms with Crippen LogP contribution in [0.1, 0.15) is 12.0 Å². The van der Waals surface area contributed by atoms with Crippen molar-refractivity contribution >= 4 is 29.9 Å². The van der Waals surface area contributed by atoms with Crippen LogP contribution in [0.25, 0.3) is 11.8 Å². The fourth-order valence-electron chi connectivity index (χ4n) is 1.80. The van der Waals surface area contributed by atoms with Crippen molar-refractivity contribution in [2.45, 2.75) is 6.42 Å². The summed E-state index contributed by atoms with van der Waals surface area (Å²) in [5.74, 6) is -0.216. The lowest BCUT2D eigenvalue weighted by Gasteiger charge is -2.11. The molecule has 1 heterocycles. The molecule has 4 nitrogen and oxygen atoms in total. The fourth-order valence-corrected chi connectivity index (χ4v) is 2.21. The molecule has 1 aromatic heterocycles. The van der Waals surface area contributed by atoms with Gasteiger partial charge in [-0.3, -0.25) is 14.3 Å². The van der Waals surface area contributed by atoms with E-state index in [1.165, 1.54) is 10.6 Å². The van der Waals surface area contributed by atoms with Gasteiger partial charge in [0.15, 0.2) is 4.77 Å². The Morgan fingerprint density at radius 2 is 2.05 bits per heavy atom. The predicted octanol–water partition coefficient (Wildman–Crippen LogP) is 3.84. The Morgan fingerprint density at radius 3 is 2.67 bits per heavy atom. The average molecular weight is 321 g/mol. The van der Waals surface area contributed by atoms with Crippen molar-refractivity contribution in [2.24, 2.45) is 0 Å². The number of aromatic nitrogens is 2. The molecule has 0 radical (unpaired) electrons. The van der Waals surface area contributed by atoms with E-state index in [0.29, 0.717) is 17.1 Å². The minimum atomic E-state index is -0.442. The summed E-state index contributed by atoms with van der Waals surface area (Å²) >= 11 is 11.0. The number of aromatic amines is 1. The number of nitrogens with zero attached hydrogens (tertiary/aromatic N) is 1. The smallest absolute Gasteiger partial charge is 0.262 e. The topological polar surface area (TPSA) is 58.0 Å². The van der Waals surface area contributed by atoms with E-state index in [4.69, 9.17) is 23.8 Å². The molecule has 0 amide bonds. The summed E-state index contributed by atoms with van der Waals surface area (Å²) < 4.78 is 1.49. The Kier molecular flexibility index (Phi) is 4.77. The van der Waals surface area contributed by atoms with Gasteiger partial charge in [0, 0.05) is 5.02 Å². The number of allylic oxidation sites excluding steroid dienone is 2. The maximum atomic E-state index is 11.9. The molecule has 0 saturated heterocycles. The first-order chi connectivity index (χ1) is 10.0. The number of hydrogen-bond donors (Lipinski definition) is 2. The summed E-state index contributed by atoms with van der Waals surface area (Å²) in [6.45, 7) is 3.59. The third-order valence-corrected chi connectivity index (χ3v) is 3.33. The number of benzene rings is 1. The van der Waals surface area contributed by atoms with Crippen molar-refractivity contribution in [3.63, 3.8) is 0 Å². The second-order valence-electron chi connectivity index (χ2n) is 4.24. The Balaban J connectivity index is 2.64. The van der Waals surface area contributed by atoms with Gasteiger partial charge >= 0.3 is 0 Å². The molecule has 2 N–H and O–H groups in total. The highest BCUT2D eigenvalue weighted by molar-refractivity contribution is 7.71. The van der Waals surface area contributed by atoms with E-state index >= 15 is 0 Å². The average Bonchev–Trinajstić information content (AvgIpc) is 2.44. The van der Waals surface area contributed by atoms with Crippen LogP contribution in [0.5, 0.6) is 5.88 Å². The van der Waals surface area contributed by atoms with Gasteiger partial charge in [0.2, 0.25) is 5.88 Å². The molecule has 0 aliphatic rings. The van der Waals surface area contributed by atoms with Crippen LogP contribution in [0.4, 0.5) is 0 Å². The maximum absolute atomic E-state index is 11.9. The number of nitrogens with one attached hydrogen (secondary N) is 1. The largest absolute Gasteiger partial charge is 0.494 e. The molecule has 2 rings (SSSR count). The van der Waals surface area contributed by atoms with Gasteiger partial charge in [-0.25, -0.2) is 0 Å². The van der Waals surface area contributed by atoms with Crippen LogP contribution in [0.3, 0.4) is 0 Å². The first-order valence-electron chi connectivity index (χ1n) is 6.16. The van der Waals surface area contributed by atoms with E-state index in [-0.39, 0.29) is 16.2 Å². The minimum absolute atomic E-state index is 0.112. The van der Waals surface area contributed by atoms with Crippen LogP contribution in [-0.4, -0.2) is 14.7 Å². The summed E-state index contributed by atoms with van der Waals surface area (Å²) in [4.78, 5) is 14.4. The monoisotopic (exact) mass is 320 g/mol. The van der Waals surface area contributed by atoms with Gasteiger partial charge in [-0.2, -0.15) is 0 Å². The molecule has 6 heteroatoms. The van der Waals surface area contributed by atoms with Crippen molar-refractivity contribution in [1.82, 2.24) is 9.55 Å². The molecular weight excluding hydrogens is 308 g/mol. The highest BCUT2D eigenvalue weighted by atomic mass is 35.5. The van der Waals surface area contributed by atoms with Crippen molar-refractivity contribution in [3.05, 3.63) is 68.7 Å². The van der Waals surface area contributed by atoms with E-state index < -0.39 is 5.56 Å². The van der Waals surface area contributed by atoms with Crippen LogP contribution in [0.15, 0.2) is 47.8 Å². The van der Waals surface area contributed by atoms with E-state index in [2.05, 4.69) is 11.6 Å². The van der Waals surface area contributed by atoms with E-state index in [1.54, 1.807) is 36.4 Å². The Hall–Kier alpha value is -2.11. The molecule has 1 aromatic carbocycles. The second kappa shape index (κ2) is 6.56. The number of rotatable bonds is 4. The molecule has 0 atom stereocenters. The molecule has 21 heavy (non-hydrogen) atoms. The summed E-state index contributed by atoms with van der Waals surface area (Å²) in [7, 11) is 0. The van der Waals surface area contributed by atoms with Gasteiger partial charge < -0.3 is 5.11 Å². The predicted molar refractivity (Wildman–Crippen MR) is 87.7 cm³/mol. The summed E-state index contributed by atoms with van der Waals surface area (Å²) in [6.07, 6.45) is 5.55. The van der Waals surface area contributed by atoms with Gasteiger partial charge in [0.1, 0.15) is 0 Å². The standard InChI is InChI=1S/C15H13ClN2O2S/c1-2-3-4-5-12-13(19)17-15(21)18(14(12)20)11-8-6-10(16)7-9-11/h2,4-9,20H,1,3H2,(H,17,19,21). The molecule has 0 saturated carbocycles. The van der Waals surface area contributed by atoms with Crippen LogP contribution in [-0.2, 0) is 0 Å².